The molecule has 0 fully saturated rings. The van der Waals surface area contributed by atoms with Crippen LogP contribution in [0.15, 0.2) is 36.0 Å². The van der Waals surface area contributed by atoms with Gasteiger partial charge in [0.05, 0.1) is 11.4 Å². The highest BCUT2D eigenvalue weighted by atomic mass is 16.1. The van der Waals surface area contributed by atoms with Crippen LogP contribution in [0, 0.1) is 12.3 Å². The predicted molar refractivity (Wildman–Crippen MR) is 73.6 cm³/mol. The number of hydrogen-bond acceptors (Lipinski definition) is 3. The maximum atomic E-state index is 11.5. The normalized spacial score (nSPS) is 11.1. The first kappa shape index (κ1) is 14.0. The summed E-state index contributed by atoms with van der Waals surface area (Å²) in [5.41, 5.74) is 7.80. The molecule has 0 aromatic heterocycles. The third-order valence-electron chi connectivity index (χ3n) is 2.46. The summed E-state index contributed by atoms with van der Waals surface area (Å²) in [6, 6.07) is 7.52. The Morgan fingerprint density at radius 2 is 2.00 bits per heavy atom. The van der Waals surface area contributed by atoms with Gasteiger partial charge in [-0.25, -0.2) is 0 Å². The minimum Gasteiger partial charge on any atom is -0.394 e. The first-order valence-corrected chi connectivity index (χ1v) is 5.95. The molecule has 1 aromatic rings. The summed E-state index contributed by atoms with van der Waals surface area (Å²) in [5, 5.41) is 10.5. The zero-order valence-corrected chi connectivity index (χ0v) is 10.8. The van der Waals surface area contributed by atoms with Gasteiger partial charge in [0.15, 0.2) is 0 Å². The van der Waals surface area contributed by atoms with E-state index in [9.17, 15) is 4.79 Å². The highest BCUT2D eigenvalue weighted by Gasteiger charge is 2.06. The van der Waals surface area contributed by atoms with Crippen LogP contribution < -0.4 is 11.1 Å². The van der Waals surface area contributed by atoms with Crippen LogP contribution in [0.25, 0.3) is 0 Å². The van der Waals surface area contributed by atoms with E-state index in [2.05, 4.69) is 5.32 Å². The van der Waals surface area contributed by atoms with Gasteiger partial charge in [0.1, 0.15) is 0 Å². The number of amides is 1. The highest BCUT2D eigenvalue weighted by Crippen LogP contribution is 2.05. The number of nitrogens with two attached hydrogens (primary N) is 1. The summed E-state index contributed by atoms with van der Waals surface area (Å²) in [7, 11) is 0. The Bertz CT molecular complexity index is 460. The van der Waals surface area contributed by atoms with Crippen molar-refractivity contribution in [1.82, 2.24) is 5.32 Å². The molecule has 0 saturated heterocycles. The van der Waals surface area contributed by atoms with E-state index in [-0.39, 0.29) is 17.3 Å². The Morgan fingerprint density at radius 3 is 2.56 bits per heavy atom. The van der Waals surface area contributed by atoms with Crippen molar-refractivity contribution in [2.75, 3.05) is 6.54 Å². The van der Waals surface area contributed by atoms with Crippen molar-refractivity contribution in [1.29, 1.82) is 5.41 Å². The van der Waals surface area contributed by atoms with E-state index in [1.807, 2.05) is 38.1 Å². The second-order valence-corrected chi connectivity index (χ2v) is 4.14. The average molecular weight is 245 g/mol. The van der Waals surface area contributed by atoms with Crippen molar-refractivity contribution in [2.45, 2.75) is 20.3 Å². The molecule has 0 aliphatic heterocycles. The second kappa shape index (κ2) is 6.59. The molecule has 0 saturated carbocycles. The van der Waals surface area contributed by atoms with Gasteiger partial charge < -0.3 is 16.5 Å². The smallest absolute Gasteiger partial charge is 0.267 e. The minimum absolute atomic E-state index is 0.0639. The molecule has 0 spiro atoms. The molecule has 0 aliphatic carbocycles. The molecule has 0 atom stereocenters. The molecule has 0 radical (unpaired) electrons. The van der Waals surface area contributed by atoms with Crippen LogP contribution >= 0.6 is 0 Å². The number of carbonyl (C=O) groups excluding carboxylic acids is 1. The quantitative estimate of drug-likeness (QED) is 0.545. The number of hydrogen-bond donors (Lipinski definition) is 3. The van der Waals surface area contributed by atoms with Gasteiger partial charge in [0, 0.05) is 6.54 Å². The van der Waals surface area contributed by atoms with Crippen LogP contribution in [0.3, 0.4) is 0 Å². The van der Waals surface area contributed by atoms with Gasteiger partial charge in [0.25, 0.3) is 5.91 Å². The Labute approximate surface area is 107 Å². The van der Waals surface area contributed by atoms with Crippen LogP contribution in [-0.4, -0.2) is 18.2 Å². The van der Waals surface area contributed by atoms with E-state index < -0.39 is 0 Å². The monoisotopic (exact) mass is 245 g/mol. The SMILES string of the molecule is CCCNC(=O)/C(N)=C/C(=N)c1ccc(C)cc1. The number of aryl methyl sites for hydroxylation is 1. The van der Waals surface area contributed by atoms with Crippen molar-refractivity contribution in [3.05, 3.63) is 47.2 Å². The fourth-order valence-corrected chi connectivity index (χ4v) is 1.38. The zero-order valence-electron chi connectivity index (χ0n) is 10.8. The maximum Gasteiger partial charge on any atom is 0.267 e. The van der Waals surface area contributed by atoms with E-state index in [0.29, 0.717) is 6.54 Å². The standard InChI is InChI=1S/C14H19N3O/c1-3-8-17-14(18)13(16)9-12(15)11-6-4-10(2)5-7-11/h4-7,9,15H,3,8,16H2,1-2H3,(H,17,18)/b13-9-,15-12?. The van der Waals surface area contributed by atoms with Gasteiger partial charge in [0.2, 0.25) is 0 Å². The molecule has 1 aromatic carbocycles. The summed E-state index contributed by atoms with van der Waals surface area (Å²) in [6.07, 6.45) is 2.24. The largest absolute Gasteiger partial charge is 0.394 e. The third-order valence-corrected chi connectivity index (χ3v) is 2.46. The van der Waals surface area contributed by atoms with Gasteiger partial charge in [-0.05, 0) is 25.0 Å². The molecule has 1 amide bonds. The molecule has 0 unspecified atom stereocenters. The first-order valence-electron chi connectivity index (χ1n) is 5.95. The van der Waals surface area contributed by atoms with E-state index >= 15 is 0 Å². The Morgan fingerprint density at radius 1 is 1.39 bits per heavy atom. The van der Waals surface area contributed by atoms with E-state index in [1.165, 1.54) is 6.08 Å². The van der Waals surface area contributed by atoms with Crippen LogP contribution in [0.5, 0.6) is 0 Å². The minimum atomic E-state index is -0.325. The number of rotatable bonds is 5. The number of benzene rings is 1. The number of carbonyl (C=O) groups is 1. The molecule has 4 heteroatoms. The summed E-state index contributed by atoms with van der Waals surface area (Å²) in [4.78, 5) is 11.5. The lowest BCUT2D eigenvalue weighted by atomic mass is 10.1. The summed E-state index contributed by atoms with van der Waals surface area (Å²) < 4.78 is 0. The van der Waals surface area contributed by atoms with Crippen molar-refractivity contribution in [3.63, 3.8) is 0 Å². The predicted octanol–water partition coefficient (Wildman–Crippen LogP) is 1.73. The van der Waals surface area contributed by atoms with Gasteiger partial charge in [-0.15, -0.1) is 0 Å². The Hall–Kier alpha value is -2.10. The maximum absolute atomic E-state index is 11.5. The fraction of sp³-hybridized carbons (Fsp3) is 0.286. The molecular weight excluding hydrogens is 226 g/mol. The van der Waals surface area contributed by atoms with Crippen molar-refractivity contribution in [2.24, 2.45) is 5.73 Å². The van der Waals surface area contributed by atoms with Crippen LogP contribution in [0.1, 0.15) is 24.5 Å². The van der Waals surface area contributed by atoms with Crippen LogP contribution in [0.4, 0.5) is 0 Å². The molecule has 0 bridgehead atoms. The van der Waals surface area contributed by atoms with Gasteiger partial charge in [-0.3, -0.25) is 4.79 Å². The third kappa shape index (κ3) is 4.05. The van der Waals surface area contributed by atoms with Gasteiger partial charge in [-0.1, -0.05) is 36.8 Å². The van der Waals surface area contributed by atoms with Crippen molar-refractivity contribution in [3.8, 4) is 0 Å². The van der Waals surface area contributed by atoms with Gasteiger partial charge in [-0.2, -0.15) is 0 Å². The lowest BCUT2D eigenvalue weighted by Crippen LogP contribution is -2.29. The lowest BCUT2D eigenvalue weighted by molar-refractivity contribution is -0.117. The van der Waals surface area contributed by atoms with Gasteiger partial charge >= 0.3 is 0 Å². The lowest BCUT2D eigenvalue weighted by Gasteiger charge is -2.04. The van der Waals surface area contributed by atoms with Crippen molar-refractivity contribution < 1.29 is 4.79 Å². The summed E-state index contributed by atoms with van der Waals surface area (Å²) >= 11 is 0. The highest BCUT2D eigenvalue weighted by molar-refractivity contribution is 6.10. The number of nitrogens with one attached hydrogen (secondary N) is 2. The van der Waals surface area contributed by atoms with Crippen LogP contribution in [-0.2, 0) is 4.79 Å². The topological polar surface area (TPSA) is 79.0 Å². The van der Waals surface area contributed by atoms with Crippen molar-refractivity contribution >= 4 is 11.6 Å². The molecular formula is C14H19N3O. The van der Waals surface area contributed by atoms with Crippen LogP contribution in [0.2, 0.25) is 0 Å². The second-order valence-electron chi connectivity index (χ2n) is 4.14. The van der Waals surface area contributed by atoms with E-state index in [1.54, 1.807) is 0 Å². The summed E-state index contributed by atoms with van der Waals surface area (Å²) in [6.45, 7) is 4.54. The molecule has 4 N–H and O–H groups in total. The fourth-order valence-electron chi connectivity index (χ4n) is 1.38. The Kier molecular flexibility index (Phi) is 5.11. The van der Waals surface area contributed by atoms with E-state index in [4.69, 9.17) is 11.1 Å². The number of allylic oxidation sites excluding steroid dienone is 1. The molecule has 18 heavy (non-hydrogen) atoms. The molecule has 0 aliphatic rings. The van der Waals surface area contributed by atoms with E-state index in [0.717, 1.165) is 17.5 Å². The molecule has 0 heterocycles. The molecule has 1 rings (SSSR count). The Balaban J connectivity index is 2.73. The summed E-state index contributed by atoms with van der Waals surface area (Å²) in [5.74, 6) is -0.325. The molecule has 96 valence electrons. The molecule has 4 nitrogen and oxygen atoms in total. The average Bonchev–Trinajstić information content (AvgIpc) is 2.36. The first-order chi connectivity index (χ1) is 8.54. The zero-order chi connectivity index (χ0) is 13.5.